The first-order valence-electron chi connectivity index (χ1n) is 11.5. The summed E-state index contributed by atoms with van der Waals surface area (Å²) in [7, 11) is 1.73. The number of aromatic nitrogens is 1. The second-order valence-electron chi connectivity index (χ2n) is 8.10. The average Bonchev–Trinajstić information content (AvgIpc) is 3.29. The lowest BCUT2D eigenvalue weighted by Crippen LogP contribution is -2.47. The molecule has 0 radical (unpaired) electrons. The van der Waals surface area contributed by atoms with E-state index in [2.05, 4.69) is 28.2 Å². The summed E-state index contributed by atoms with van der Waals surface area (Å²) in [6.07, 6.45) is 10.4. The summed E-state index contributed by atoms with van der Waals surface area (Å²) in [5.41, 5.74) is 1.10. The number of nitrogens with zero attached hydrogens (tertiary/aromatic N) is 3. The molecule has 2 heterocycles. The van der Waals surface area contributed by atoms with Gasteiger partial charge < -0.3 is 24.4 Å². The predicted molar refractivity (Wildman–Crippen MR) is 119 cm³/mol. The van der Waals surface area contributed by atoms with Gasteiger partial charge in [0, 0.05) is 52.2 Å². The molecular formula is C23H38N4O3. The first kappa shape index (κ1) is 22.8. The Morgan fingerprint density at radius 3 is 2.60 bits per heavy atom. The standard InChI is InChI=1S/C23H38N4O3/c1-3-24-23(27-13-11-20(12-14-27)29-16-6-15-28-2)26-18-19-9-10-22(25-17-19)30-21-7-4-5-8-21/h9-10,17,20-21H,3-8,11-16,18H2,1-2H3,(H,24,26). The van der Waals surface area contributed by atoms with Gasteiger partial charge in [-0.2, -0.15) is 0 Å². The number of rotatable bonds is 10. The topological polar surface area (TPSA) is 68.2 Å². The Balaban J connectivity index is 1.46. The number of ether oxygens (including phenoxy) is 3. The van der Waals surface area contributed by atoms with Crippen molar-refractivity contribution in [1.82, 2.24) is 15.2 Å². The van der Waals surface area contributed by atoms with Gasteiger partial charge in [0.25, 0.3) is 0 Å². The molecular weight excluding hydrogens is 380 g/mol. The molecule has 0 bridgehead atoms. The van der Waals surface area contributed by atoms with Crippen LogP contribution in [0.3, 0.4) is 0 Å². The number of hydrogen-bond acceptors (Lipinski definition) is 5. The van der Waals surface area contributed by atoms with E-state index in [1.54, 1.807) is 7.11 Å². The lowest BCUT2D eigenvalue weighted by Gasteiger charge is -2.34. The van der Waals surface area contributed by atoms with Crippen molar-refractivity contribution in [3.8, 4) is 5.88 Å². The number of aliphatic imine (C=N–C) groups is 1. The molecule has 2 aliphatic rings. The van der Waals surface area contributed by atoms with Crippen molar-refractivity contribution in [2.45, 2.75) is 70.6 Å². The fourth-order valence-corrected chi connectivity index (χ4v) is 4.03. The zero-order valence-electron chi connectivity index (χ0n) is 18.6. The molecule has 1 saturated heterocycles. The van der Waals surface area contributed by atoms with Crippen LogP contribution < -0.4 is 10.1 Å². The molecule has 1 saturated carbocycles. The van der Waals surface area contributed by atoms with E-state index in [1.165, 1.54) is 12.8 Å². The van der Waals surface area contributed by atoms with Crippen LogP contribution in [-0.2, 0) is 16.0 Å². The molecule has 1 aromatic rings. The van der Waals surface area contributed by atoms with Crippen molar-refractivity contribution in [3.05, 3.63) is 23.9 Å². The smallest absolute Gasteiger partial charge is 0.213 e. The normalized spacial score (nSPS) is 18.7. The van der Waals surface area contributed by atoms with Gasteiger partial charge in [0.05, 0.1) is 12.6 Å². The van der Waals surface area contributed by atoms with Crippen LogP contribution in [0.25, 0.3) is 0 Å². The zero-order valence-corrected chi connectivity index (χ0v) is 18.6. The third-order valence-corrected chi connectivity index (χ3v) is 5.72. The second-order valence-corrected chi connectivity index (χ2v) is 8.10. The number of nitrogens with one attached hydrogen (secondary N) is 1. The molecule has 0 unspecified atom stereocenters. The number of guanidine groups is 1. The summed E-state index contributed by atoms with van der Waals surface area (Å²) in [5.74, 6) is 1.70. The van der Waals surface area contributed by atoms with Crippen LogP contribution in [0.15, 0.2) is 23.3 Å². The van der Waals surface area contributed by atoms with Crippen molar-refractivity contribution in [2.24, 2.45) is 4.99 Å². The number of methoxy groups -OCH3 is 1. The number of hydrogen-bond donors (Lipinski definition) is 1. The molecule has 0 atom stereocenters. The van der Waals surface area contributed by atoms with E-state index >= 15 is 0 Å². The van der Waals surface area contributed by atoms with E-state index in [0.717, 1.165) is 82.4 Å². The molecule has 0 amide bonds. The van der Waals surface area contributed by atoms with Crippen LogP contribution in [0.5, 0.6) is 5.88 Å². The van der Waals surface area contributed by atoms with Gasteiger partial charge in [-0.15, -0.1) is 0 Å². The lowest BCUT2D eigenvalue weighted by atomic mass is 10.1. The summed E-state index contributed by atoms with van der Waals surface area (Å²) >= 11 is 0. The van der Waals surface area contributed by atoms with Crippen molar-refractivity contribution in [1.29, 1.82) is 0 Å². The van der Waals surface area contributed by atoms with Crippen LogP contribution in [0.2, 0.25) is 0 Å². The summed E-state index contributed by atoms with van der Waals surface area (Å²) in [6.45, 7) is 7.06. The summed E-state index contributed by atoms with van der Waals surface area (Å²) in [6, 6.07) is 4.05. The first-order valence-corrected chi connectivity index (χ1v) is 11.5. The van der Waals surface area contributed by atoms with Gasteiger partial charge >= 0.3 is 0 Å². The van der Waals surface area contributed by atoms with Crippen LogP contribution in [0.1, 0.15) is 57.4 Å². The Bertz CT molecular complexity index is 624. The fourth-order valence-electron chi connectivity index (χ4n) is 4.03. The first-order chi connectivity index (χ1) is 14.8. The number of likely N-dealkylation sites (tertiary alicyclic amines) is 1. The van der Waals surface area contributed by atoms with Gasteiger partial charge in [0.2, 0.25) is 5.88 Å². The van der Waals surface area contributed by atoms with Crippen molar-refractivity contribution >= 4 is 5.96 Å². The SMILES string of the molecule is CCNC(=NCc1ccc(OC2CCCC2)nc1)N1CCC(OCCCOC)CC1. The number of pyridine rings is 1. The molecule has 1 N–H and O–H groups in total. The van der Waals surface area contributed by atoms with E-state index in [-0.39, 0.29) is 0 Å². The molecule has 30 heavy (non-hydrogen) atoms. The predicted octanol–water partition coefficient (Wildman–Crippen LogP) is 3.39. The monoisotopic (exact) mass is 418 g/mol. The summed E-state index contributed by atoms with van der Waals surface area (Å²) < 4.78 is 17.0. The zero-order chi connectivity index (χ0) is 21.0. The highest BCUT2D eigenvalue weighted by Crippen LogP contribution is 2.23. The third-order valence-electron chi connectivity index (χ3n) is 5.72. The minimum Gasteiger partial charge on any atom is -0.474 e. The van der Waals surface area contributed by atoms with Gasteiger partial charge in [-0.3, -0.25) is 0 Å². The van der Waals surface area contributed by atoms with Crippen LogP contribution in [-0.4, -0.2) is 68.0 Å². The van der Waals surface area contributed by atoms with Crippen molar-refractivity contribution in [3.63, 3.8) is 0 Å². The highest BCUT2D eigenvalue weighted by Gasteiger charge is 2.22. The van der Waals surface area contributed by atoms with E-state index in [1.807, 2.05) is 12.3 Å². The Morgan fingerprint density at radius 1 is 1.13 bits per heavy atom. The van der Waals surface area contributed by atoms with Crippen LogP contribution in [0.4, 0.5) is 0 Å². The Kier molecular flexibility index (Phi) is 9.70. The molecule has 1 aromatic heterocycles. The fraction of sp³-hybridized carbons (Fsp3) is 0.739. The third kappa shape index (κ3) is 7.43. The van der Waals surface area contributed by atoms with E-state index in [0.29, 0.717) is 18.8 Å². The highest BCUT2D eigenvalue weighted by atomic mass is 16.5. The molecule has 0 aromatic carbocycles. The highest BCUT2D eigenvalue weighted by molar-refractivity contribution is 5.80. The lowest BCUT2D eigenvalue weighted by molar-refractivity contribution is 0.00990. The van der Waals surface area contributed by atoms with Crippen LogP contribution >= 0.6 is 0 Å². The maximum absolute atomic E-state index is 5.97. The molecule has 7 nitrogen and oxygen atoms in total. The Hall–Kier alpha value is -1.86. The average molecular weight is 419 g/mol. The summed E-state index contributed by atoms with van der Waals surface area (Å²) in [5, 5.41) is 3.43. The molecule has 7 heteroatoms. The quantitative estimate of drug-likeness (QED) is 0.357. The molecule has 1 aliphatic carbocycles. The largest absolute Gasteiger partial charge is 0.474 e. The minimum atomic E-state index is 0.341. The van der Waals surface area contributed by atoms with E-state index in [4.69, 9.17) is 19.2 Å². The number of piperidine rings is 1. The van der Waals surface area contributed by atoms with Crippen molar-refractivity contribution < 1.29 is 14.2 Å². The van der Waals surface area contributed by atoms with Crippen LogP contribution in [0, 0.1) is 0 Å². The summed E-state index contributed by atoms with van der Waals surface area (Å²) in [4.78, 5) is 11.7. The maximum atomic E-state index is 5.97. The minimum absolute atomic E-state index is 0.341. The molecule has 168 valence electrons. The van der Waals surface area contributed by atoms with Crippen molar-refractivity contribution in [2.75, 3.05) is 40.0 Å². The van der Waals surface area contributed by atoms with Gasteiger partial charge in [0.15, 0.2) is 5.96 Å². The Morgan fingerprint density at radius 2 is 1.93 bits per heavy atom. The molecule has 0 spiro atoms. The van der Waals surface area contributed by atoms with Gasteiger partial charge in [-0.1, -0.05) is 6.07 Å². The van der Waals surface area contributed by atoms with E-state index < -0.39 is 0 Å². The maximum Gasteiger partial charge on any atom is 0.213 e. The van der Waals surface area contributed by atoms with Gasteiger partial charge in [-0.25, -0.2) is 9.98 Å². The molecule has 3 rings (SSSR count). The molecule has 2 fully saturated rings. The van der Waals surface area contributed by atoms with E-state index in [9.17, 15) is 0 Å². The second kappa shape index (κ2) is 12.7. The van der Waals surface area contributed by atoms with Gasteiger partial charge in [0.1, 0.15) is 6.10 Å². The van der Waals surface area contributed by atoms with Gasteiger partial charge in [-0.05, 0) is 57.4 Å². The Labute approximate surface area is 181 Å². The molecule has 1 aliphatic heterocycles.